The fourth-order valence-corrected chi connectivity index (χ4v) is 4.99. The molecule has 0 aliphatic carbocycles. The summed E-state index contributed by atoms with van der Waals surface area (Å²) in [5, 5.41) is 0. The molecule has 0 N–H and O–H groups in total. The van der Waals surface area contributed by atoms with Crippen molar-refractivity contribution < 1.29 is 14.3 Å². The van der Waals surface area contributed by atoms with Gasteiger partial charge in [0.15, 0.2) is 0 Å². The number of carbonyl (C=O) groups excluding carboxylic acids is 2. The third kappa shape index (κ3) is 4.95. The highest BCUT2D eigenvalue weighted by Gasteiger charge is 2.32. The van der Waals surface area contributed by atoms with E-state index in [1.54, 1.807) is 14.0 Å². The first-order valence-electron chi connectivity index (χ1n) is 11.6. The molecule has 2 aliphatic heterocycles. The van der Waals surface area contributed by atoms with Gasteiger partial charge in [-0.2, -0.15) is 0 Å². The molecule has 2 amide bonds. The summed E-state index contributed by atoms with van der Waals surface area (Å²) in [6, 6.07) is 12.4. The van der Waals surface area contributed by atoms with E-state index in [4.69, 9.17) is 9.72 Å². The molecule has 2 saturated heterocycles. The molecular formula is C26H33N3O3. The molecule has 4 rings (SSSR count). The van der Waals surface area contributed by atoms with Gasteiger partial charge in [-0.1, -0.05) is 12.1 Å². The van der Waals surface area contributed by atoms with Gasteiger partial charge in [0.1, 0.15) is 5.75 Å². The first-order chi connectivity index (χ1) is 15.4. The number of nitrogens with zero attached hydrogens (tertiary/aromatic N) is 3. The highest BCUT2D eigenvalue weighted by atomic mass is 16.5. The Morgan fingerprint density at radius 3 is 2.50 bits per heavy atom. The molecule has 0 bridgehead atoms. The van der Waals surface area contributed by atoms with Crippen LogP contribution in [-0.2, 0) is 9.59 Å². The maximum atomic E-state index is 13.2. The summed E-state index contributed by atoms with van der Waals surface area (Å²) in [7, 11) is 1.68. The molecule has 2 aromatic rings. The standard InChI is InChI=1S/C26H33N3O3/c1-18-14-23(21-6-4-8-24(15-21)32-3)16-25(27-18)22-7-5-11-29(17-22)26(31)20-9-12-28(13-10-20)19(2)30/h4,6,8,14-16,20,22H,5,7,9-13,17H2,1-3H3. The average molecular weight is 436 g/mol. The number of aromatic nitrogens is 1. The molecule has 3 heterocycles. The topological polar surface area (TPSA) is 62.7 Å². The van der Waals surface area contributed by atoms with Gasteiger partial charge in [-0.25, -0.2) is 0 Å². The normalized spacial score (nSPS) is 19.7. The lowest BCUT2D eigenvalue weighted by atomic mass is 9.89. The molecule has 0 saturated carbocycles. The Balaban J connectivity index is 1.48. The highest BCUT2D eigenvalue weighted by molar-refractivity contribution is 5.80. The van der Waals surface area contributed by atoms with Gasteiger partial charge in [0, 0.05) is 56.3 Å². The molecule has 32 heavy (non-hydrogen) atoms. The zero-order valence-electron chi connectivity index (χ0n) is 19.3. The number of rotatable bonds is 4. The summed E-state index contributed by atoms with van der Waals surface area (Å²) < 4.78 is 5.39. The predicted octanol–water partition coefficient (Wildman–Crippen LogP) is 4.03. The lowest BCUT2D eigenvalue weighted by Gasteiger charge is -2.37. The monoisotopic (exact) mass is 435 g/mol. The Hall–Kier alpha value is -2.89. The van der Waals surface area contributed by atoms with E-state index in [0.29, 0.717) is 13.1 Å². The fraction of sp³-hybridized carbons (Fsp3) is 0.500. The SMILES string of the molecule is COc1cccc(-c2cc(C)nc(C3CCCN(C(=O)C4CCN(C(C)=O)CC4)C3)c2)c1. The molecule has 0 spiro atoms. The molecular weight excluding hydrogens is 402 g/mol. The van der Waals surface area contributed by atoms with Gasteiger partial charge in [-0.05, 0) is 68.0 Å². The minimum atomic E-state index is 0.0298. The van der Waals surface area contributed by atoms with E-state index in [1.807, 2.05) is 34.9 Å². The number of methoxy groups -OCH3 is 1. The summed E-state index contributed by atoms with van der Waals surface area (Å²) in [6.07, 6.45) is 3.57. The Morgan fingerprint density at radius 2 is 1.78 bits per heavy atom. The van der Waals surface area contributed by atoms with E-state index in [1.165, 1.54) is 0 Å². The molecule has 2 fully saturated rings. The van der Waals surface area contributed by atoms with Gasteiger partial charge in [-0.3, -0.25) is 14.6 Å². The van der Waals surface area contributed by atoms with Crippen LogP contribution < -0.4 is 4.74 Å². The average Bonchev–Trinajstić information content (AvgIpc) is 2.83. The van der Waals surface area contributed by atoms with E-state index in [2.05, 4.69) is 18.2 Å². The first kappa shape index (κ1) is 22.3. The van der Waals surface area contributed by atoms with Crippen molar-refractivity contribution in [2.45, 2.75) is 45.4 Å². The Bertz CT molecular complexity index is 982. The Labute approximate surface area is 190 Å². The Morgan fingerprint density at radius 1 is 1.00 bits per heavy atom. The summed E-state index contributed by atoms with van der Waals surface area (Å²) in [4.78, 5) is 33.5. The van der Waals surface area contributed by atoms with Crippen LogP contribution in [0.3, 0.4) is 0 Å². The molecule has 1 atom stereocenters. The van der Waals surface area contributed by atoms with Gasteiger partial charge in [0.25, 0.3) is 0 Å². The van der Waals surface area contributed by atoms with Crippen LogP contribution in [0.1, 0.15) is 49.9 Å². The van der Waals surface area contributed by atoms with Crippen molar-refractivity contribution in [1.29, 1.82) is 0 Å². The number of hydrogen-bond acceptors (Lipinski definition) is 4. The molecule has 1 aromatic heterocycles. The second-order valence-electron chi connectivity index (χ2n) is 9.06. The zero-order chi connectivity index (χ0) is 22.7. The van der Waals surface area contributed by atoms with Crippen LogP contribution in [0.25, 0.3) is 11.1 Å². The summed E-state index contributed by atoms with van der Waals surface area (Å²) in [5.74, 6) is 1.46. The molecule has 2 aliphatic rings. The number of pyridine rings is 1. The first-order valence-corrected chi connectivity index (χ1v) is 11.6. The number of amides is 2. The molecule has 170 valence electrons. The van der Waals surface area contributed by atoms with Crippen molar-refractivity contribution in [2.75, 3.05) is 33.3 Å². The summed E-state index contributed by atoms with van der Waals surface area (Å²) in [5.41, 5.74) is 4.29. The highest BCUT2D eigenvalue weighted by Crippen LogP contribution is 2.32. The van der Waals surface area contributed by atoms with Gasteiger partial charge >= 0.3 is 0 Å². The third-order valence-electron chi connectivity index (χ3n) is 6.82. The fourth-order valence-electron chi connectivity index (χ4n) is 4.99. The number of carbonyl (C=O) groups is 2. The Kier molecular flexibility index (Phi) is 6.77. The van der Waals surface area contributed by atoms with E-state index in [0.717, 1.165) is 67.0 Å². The lowest BCUT2D eigenvalue weighted by molar-refractivity contribution is -0.141. The van der Waals surface area contributed by atoms with E-state index >= 15 is 0 Å². The maximum Gasteiger partial charge on any atom is 0.225 e. The number of hydrogen-bond donors (Lipinski definition) is 0. The van der Waals surface area contributed by atoms with Crippen LogP contribution in [0.4, 0.5) is 0 Å². The second-order valence-corrected chi connectivity index (χ2v) is 9.06. The van der Waals surface area contributed by atoms with Crippen molar-refractivity contribution in [3.8, 4) is 16.9 Å². The summed E-state index contributed by atoms with van der Waals surface area (Å²) in [6.45, 7) is 6.54. The van der Waals surface area contributed by atoms with Gasteiger partial charge in [0.2, 0.25) is 11.8 Å². The third-order valence-corrected chi connectivity index (χ3v) is 6.82. The van der Waals surface area contributed by atoms with Crippen LogP contribution in [-0.4, -0.2) is 59.9 Å². The van der Waals surface area contributed by atoms with Gasteiger partial charge in [-0.15, -0.1) is 0 Å². The van der Waals surface area contributed by atoms with Crippen molar-refractivity contribution in [1.82, 2.24) is 14.8 Å². The van der Waals surface area contributed by atoms with Crippen molar-refractivity contribution in [3.63, 3.8) is 0 Å². The van der Waals surface area contributed by atoms with Crippen molar-refractivity contribution in [3.05, 3.63) is 47.8 Å². The number of ether oxygens (including phenoxy) is 1. The molecule has 1 unspecified atom stereocenters. The van der Waals surface area contributed by atoms with Crippen molar-refractivity contribution in [2.24, 2.45) is 5.92 Å². The van der Waals surface area contributed by atoms with Gasteiger partial charge < -0.3 is 14.5 Å². The number of aryl methyl sites for hydroxylation is 1. The van der Waals surface area contributed by atoms with Crippen LogP contribution in [0.5, 0.6) is 5.75 Å². The molecule has 6 heteroatoms. The van der Waals surface area contributed by atoms with E-state index in [9.17, 15) is 9.59 Å². The predicted molar refractivity (Wildman–Crippen MR) is 124 cm³/mol. The van der Waals surface area contributed by atoms with Crippen LogP contribution in [0.15, 0.2) is 36.4 Å². The molecule has 0 radical (unpaired) electrons. The summed E-state index contributed by atoms with van der Waals surface area (Å²) >= 11 is 0. The van der Waals surface area contributed by atoms with Gasteiger partial charge in [0.05, 0.1) is 7.11 Å². The smallest absolute Gasteiger partial charge is 0.225 e. The quantitative estimate of drug-likeness (QED) is 0.727. The zero-order valence-corrected chi connectivity index (χ0v) is 19.3. The van der Waals surface area contributed by atoms with E-state index < -0.39 is 0 Å². The number of piperidine rings is 2. The number of likely N-dealkylation sites (tertiary alicyclic amines) is 2. The van der Waals surface area contributed by atoms with E-state index in [-0.39, 0.29) is 23.7 Å². The minimum absolute atomic E-state index is 0.0298. The second kappa shape index (κ2) is 9.72. The van der Waals surface area contributed by atoms with Crippen LogP contribution >= 0.6 is 0 Å². The number of benzene rings is 1. The van der Waals surface area contributed by atoms with Crippen molar-refractivity contribution >= 4 is 11.8 Å². The van der Waals surface area contributed by atoms with Crippen LogP contribution in [0, 0.1) is 12.8 Å². The molecule has 6 nitrogen and oxygen atoms in total. The van der Waals surface area contributed by atoms with Crippen LogP contribution in [0.2, 0.25) is 0 Å². The minimum Gasteiger partial charge on any atom is -0.497 e. The lowest BCUT2D eigenvalue weighted by Crippen LogP contribution is -2.46. The maximum absolute atomic E-state index is 13.2. The largest absolute Gasteiger partial charge is 0.497 e. The molecule has 1 aromatic carbocycles.